The molecule has 0 aliphatic rings. The van der Waals surface area contributed by atoms with Gasteiger partial charge in [0.25, 0.3) is 0 Å². The molecular formula is C18H17ClN6O. The minimum absolute atomic E-state index is 0.242. The predicted molar refractivity (Wildman–Crippen MR) is 103 cm³/mol. The van der Waals surface area contributed by atoms with Gasteiger partial charge in [0.05, 0.1) is 22.8 Å². The summed E-state index contributed by atoms with van der Waals surface area (Å²) in [5.74, 6) is 0. The molecule has 0 fully saturated rings. The van der Waals surface area contributed by atoms with Crippen LogP contribution in [0.1, 0.15) is 18.3 Å². The van der Waals surface area contributed by atoms with Gasteiger partial charge in [0.1, 0.15) is 5.69 Å². The first-order chi connectivity index (χ1) is 12.6. The molecule has 3 rings (SSSR count). The Morgan fingerprint density at radius 1 is 1.08 bits per heavy atom. The van der Waals surface area contributed by atoms with E-state index in [0.29, 0.717) is 22.1 Å². The second-order valence-corrected chi connectivity index (χ2v) is 5.96. The highest BCUT2D eigenvalue weighted by Crippen LogP contribution is 2.14. The van der Waals surface area contributed by atoms with Crippen molar-refractivity contribution in [1.82, 2.24) is 15.0 Å². The maximum Gasteiger partial charge on any atom is 0.155 e. The van der Waals surface area contributed by atoms with Crippen LogP contribution >= 0.6 is 11.6 Å². The van der Waals surface area contributed by atoms with E-state index < -0.39 is 0 Å². The first kappa shape index (κ1) is 17.6. The number of hydrogen-bond donors (Lipinski definition) is 2. The molecule has 0 saturated carbocycles. The van der Waals surface area contributed by atoms with E-state index in [4.69, 9.17) is 11.6 Å². The lowest BCUT2D eigenvalue weighted by Gasteiger charge is -2.04. The number of hydrogen-bond acceptors (Lipinski definition) is 6. The molecule has 2 N–H and O–H groups in total. The fourth-order valence-electron chi connectivity index (χ4n) is 2.29. The lowest BCUT2D eigenvalue weighted by Crippen LogP contribution is -2.16. The topological polar surface area (TPSA) is 87.7 Å². The Balaban J connectivity index is 1.85. The lowest BCUT2D eigenvalue weighted by atomic mass is 10.1. The van der Waals surface area contributed by atoms with Gasteiger partial charge in [-0.1, -0.05) is 35.0 Å². The average Bonchev–Trinajstić information content (AvgIpc) is 3.04. The first-order valence-electron chi connectivity index (χ1n) is 7.86. The largest absolute Gasteiger partial charge is 0.410 e. The number of nitrogens with one attached hydrogen (secondary N) is 1. The predicted octanol–water partition coefficient (Wildman–Crippen LogP) is 3.90. The van der Waals surface area contributed by atoms with Crippen LogP contribution in [0.2, 0.25) is 5.02 Å². The molecule has 0 aliphatic heterocycles. The van der Waals surface area contributed by atoms with Gasteiger partial charge in [0.15, 0.2) is 5.71 Å². The van der Waals surface area contributed by atoms with Crippen molar-refractivity contribution in [2.45, 2.75) is 13.8 Å². The minimum atomic E-state index is 0.242. The number of anilines is 1. The Labute approximate surface area is 155 Å². The zero-order chi connectivity index (χ0) is 18.5. The Hall–Kier alpha value is -3.19. The zero-order valence-corrected chi connectivity index (χ0v) is 15.0. The van der Waals surface area contributed by atoms with Gasteiger partial charge in [0, 0.05) is 5.02 Å². The summed E-state index contributed by atoms with van der Waals surface area (Å²) in [5, 5.41) is 26.5. The number of halogens is 1. The summed E-state index contributed by atoms with van der Waals surface area (Å²) < 4.78 is 0. The molecule has 0 unspecified atom stereocenters. The summed E-state index contributed by atoms with van der Waals surface area (Å²) in [6.07, 6.45) is 0. The van der Waals surface area contributed by atoms with E-state index in [1.54, 1.807) is 38.1 Å². The van der Waals surface area contributed by atoms with Crippen LogP contribution in [0.5, 0.6) is 0 Å². The van der Waals surface area contributed by atoms with Crippen LogP contribution in [-0.4, -0.2) is 31.6 Å². The summed E-state index contributed by atoms with van der Waals surface area (Å²) >= 11 is 5.86. The van der Waals surface area contributed by atoms with Crippen molar-refractivity contribution in [2.24, 2.45) is 10.3 Å². The van der Waals surface area contributed by atoms with Crippen LogP contribution < -0.4 is 5.43 Å². The van der Waals surface area contributed by atoms with Gasteiger partial charge in [-0.15, -0.1) is 5.10 Å². The molecule has 0 atom stereocenters. The third-order valence-corrected chi connectivity index (χ3v) is 3.89. The number of benzene rings is 2. The molecule has 0 spiro atoms. The van der Waals surface area contributed by atoms with Crippen LogP contribution in [0.15, 0.2) is 64.9 Å². The molecule has 26 heavy (non-hydrogen) atoms. The number of rotatable bonds is 5. The van der Waals surface area contributed by atoms with Gasteiger partial charge in [-0.25, -0.2) is 0 Å². The van der Waals surface area contributed by atoms with Crippen molar-refractivity contribution in [3.63, 3.8) is 0 Å². The second kappa shape index (κ2) is 7.79. The first-order valence-corrected chi connectivity index (χ1v) is 8.24. The molecule has 0 aliphatic carbocycles. The van der Waals surface area contributed by atoms with Crippen molar-refractivity contribution < 1.29 is 5.21 Å². The van der Waals surface area contributed by atoms with E-state index in [9.17, 15) is 5.21 Å². The van der Waals surface area contributed by atoms with E-state index >= 15 is 0 Å². The average molecular weight is 369 g/mol. The van der Waals surface area contributed by atoms with Crippen LogP contribution in [-0.2, 0) is 0 Å². The molecule has 0 bridgehead atoms. The van der Waals surface area contributed by atoms with Gasteiger partial charge in [0.2, 0.25) is 0 Å². The van der Waals surface area contributed by atoms with Crippen LogP contribution in [0.3, 0.4) is 0 Å². The van der Waals surface area contributed by atoms with Gasteiger partial charge in [-0.2, -0.15) is 15.0 Å². The molecule has 0 saturated heterocycles. The smallest absolute Gasteiger partial charge is 0.155 e. The molecular weight excluding hydrogens is 352 g/mol. The number of hydrazone groups is 1. The summed E-state index contributed by atoms with van der Waals surface area (Å²) in [6, 6.07) is 16.6. The van der Waals surface area contributed by atoms with Gasteiger partial charge in [-0.3, -0.25) is 5.43 Å². The number of nitrogens with zero attached hydrogens (tertiary/aromatic N) is 5. The molecule has 2 aromatic carbocycles. The lowest BCUT2D eigenvalue weighted by molar-refractivity contribution is 0.320. The third-order valence-electron chi connectivity index (χ3n) is 3.63. The highest BCUT2D eigenvalue weighted by atomic mass is 35.5. The number of aromatic nitrogens is 3. The molecule has 8 heteroatoms. The maximum absolute atomic E-state index is 9.47. The van der Waals surface area contributed by atoms with E-state index in [-0.39, 0.29) is 5.71 Å². The fourth-order valence-corrected chi connectivity index (χ4v) is 2.42. The Bertz CT molecular complexity index is 948. The van der Waals surface area contributed by atoms with E-state index in [1.165, 1.54) is 4.80 Å². The summed E-state index contributed by atoms with van der Waals surface area (Å²) in [7, 11) is 0. The molecule has 7 nitrogen and oxygen atoms in total. The zero-order valence-electron chi connectivity index (χ0n) is 14.3. The normalized spacial score (nSPS) is 12.3. The molecule has 132 valence electrons. The summed E-state index contributed by atoms with van der Waals surface area (Å²) in [5.41, 5.74) is 6.26. The Morgan fingerprint density at radius 2 is 1.77 bits per heavy atom. The standard InChI is InChI=1S/C18H17ClN6O/c1-12(20-21-15-10-8-14(19)9-11-15)18(24-26)17-13(2)22-25(23-17)16-6-4-3-5-7-16/h3-11,21,26H,1-2H3/b20-12+,24-18+. The van der Waals surface area contributed by atoms with Crippen LogP contribution in [0.4, 0.5) is 5.69 Å². The van der Waals surface area contributed by atoms with Crippen molar-refractivity contribution in [1.29, 1.82) is 0 Å². The quantitative estimate of drug-likeness (QED) is 0.406. The molecule has 1 aromatic heterocycles. The van der Waals surface area contributed by atoms with Gasteiger partial charge >= 0.3 is 0 Å². The highest BCUT2D eigenvalue weighted by molar-refractivity contribution is 6.47. The highest BCUT2D eigenvalue weighted by Gasteiger charge is 2.18. The number of oxime groups is 1. The Kier molecular flexibility index (Phi) is 5.28. The summed E-state index contributed by atoms with van der Waals surface area (Å²) in [4.78, 5) is 1.50. The van der Waals surface area contributed by atoms with Crippen molar-refractivity contribution in [2.75, 3.05) is 5.43 Å². The monoisotopic (exact) mass is 368 g/mol. The second-order valence-electron chi connectivity index (χ2n) is 5.52. The maximum atomic E-state index is 9.47. The van der Waals surface area contributed by atoms with E-state index in [2.05, 4.69) is 25.9 Å². The molecule has 1 heterocycles. The van der Waals surface area contributed by atoms with Gasteiger partial charge in [-0.05, 0) is 50.2 Å². The van der Waals surface area contributed by atoms with Crippen molar-refractivity contribution >= 4 is 28.7 Å². The van der Waals surface area contributed by atoms with Crippen LogP contribution in [0.25, 0.3) is 5.69 Å². The van der Waals surface area contributed by atoms with Gasteiger partial charge < -0.3 is 5.21 Å². The molecule has 3 aromatic rings. The molecule has 0 radical (unpaired) electrons. The van der Waals surface area contributed by atoms with Crippen molar-refractivity contribution in [3.05, 3.63) is 71.0 Å². The van der Waals surface area contributed by atoms with E-state index in [1.807, 2.05) is 30.3 Å². The van der Waals surface area contributed by atoms with Crippen LogP contribution in [0, 0.1) is 6.92 Å². The molecule has 0 amide bonds. The fraction of sp³-hybridized carbons (Fsp3) is 0.111. The number of para-hydroxylation sites is 1. The van der Waals surface area contributed by atoms with Crippen molar-refractivity contribution in [3.8, 4) is 5.69 Å². The number of aryl methyl sites for hydroxylation is 1. The minimum Gasteiger partial charge on any atom is -0.410 e. The van der Waals surface area contributed by atoms with E-state index in [0.717, 1.165) is 11.4 Å². The Morgan fingerprint density at radius 3 is 2.42 bits per heavy atom. The SMILES string of the molecule is CC(=N\Nc1ccc(Cl)cc1)/C(=N\O)c1nn(-c2ccccc2)nc1C. The summed E-state index contributed by atoms with van der Waals surface area (Å²) in [6.45, 7) is 3.52. The third kappa shape index (κ3) is 3.89.